The van der Waals surface area contributed by atoms with Crippen molar-refractivity contribution in [1.29, 1.82) is 0 Å². The van der Waals surface area contributed by atoms with Crippen LogP contribution in [0.5, 0.6) is 0 Å². The van der Waals surface area contributed by atoms with Crippen LogP contribution in [0.1, 0.15) is 20.8 Å². The Morgan fingerprint density at radius 2 is 1.67 bits per heavy atom. The zero-order chi connectivity index (χ0) is 16.2. The first kappa shape index (κ1) is 17.9. The second-order valence-corrected chi connectivity index (χ2v) is 7.11. The van der Waals surface area contributed by atoms with Crippen LogP contribution in [-0.2, 0) is 9.59 Å². The monoisotopic (exact) mass is 299 g/mol. The lowest BCUT2D eigenvalue weighted by molar-refractivity contribution is -0.157. The minimum atomic E-state index is -1.03. The molecule has 6 heteroatoms. The Morgan fingerprint density at radius 3 is 2.05 bits per heavy atom. The average molecular weight is 299 g/mol. The number of carboxylic acid groups (broad SMARTS) is 1. The molecule has 1 unspecified atom stereocenters. The molecule has 1 rings (SSSR count). The van der Waals surface area contributed by atoms with Crippen LogP contribution in [0, 0.1) is 11.3 Å². The van der Waals surface area contributed by atoms with Crippen molar-refractivity contribution in [3.8, 4) is 0 Å². The van der Waals surface area contributed by atoms with Crippen LogP contribution in [0.2, 0.25) is 0 Å². The molecule has 0 saturated carbocycles. The standard InChI is InChI=1S/C15H29N3O3/c1-15(2,3)12(14(20)21)13(19)18-10-8-17(9-11-18)7-6-16(4)5/h12H,6-11H2,1-5H3,(H,20,21). The molecule has 0 bridgehead atoms. The molecule has 6 nitrogen and oxygen atoms in total. The molecule has 1 N–H and O–H groups in total. The molecule has 0 aliphatic carbocycles. The first-order chi connectivity index (χ1) is 9.62. The molecular formula is C15H29N3O3. The maximum absolute atomic E-state index is 12.5. The highest BCUT2D eigenvalue weighted by Crippen LogP contribution is 2.28. The number of rotatable bonds is 5. The van der Waals surface area contributed by atoms with Crippen molar-refractivity contribution in [2.45, 2.75) is 20.8 Å². The summed E-state index contributed by atoms with van der Waals surface area (Å²) in [7, 11) is 4.08. The maximum atomic E-state index is 12.5. The lowest BCUT2D eigenvalue weighted by atomic mass is 9.79. The Kier molecular flexibility index (Phi) is 6.16. The Bertz CT molecular complexity index is 369. The van der Waals surface area contributed by atoms with Gasteiger partial charge in [0, 0.05) is 39.3 Å². The van der Waals surface area contributed by atoms with E-state index in [2.05, 4.69) is 9.80 Å². The molecule has 1 fully saturated rings. The molecular weight excluding hydrogens is 270 g/mol. The van der Waals surface area contributed by atoms with Crippen LogP contribution in [0.15, 0.2) is 0 Å². The molecule has 21 heavy (non-hydrogen) atoms. The smallest absolute Gasteiger partial charge is 0.316 e. The zero-order valence-corrected chi connectivity index (χ0v) is 13.9. The number of amides is 1. The number of carboxylic acids is 1. The van der Waals surface area contributed by atoms with Crippen LogP contribution in [-0.4, -0.2) is 85.0 Å². The van der Waals surface area contributed by atoms with Gasteiger partial charge in [0.05, 0.1) is 0 Å². The van der Waals surface area contributed by atoms with Gasteiger partial charge in [-0.2, -0.15) is 0 Å². The number of likely N-dealkylation sites (N-methyl/N-ethyl adjacent to an activating group) is 1. The first-order valence-corrected chi connectivity index (χ1v) is 7.51. The number of carbonyl (C=O) groups excluding carboxylic acids is 1. The van der Waals surface area contributed by atoms with E-state index in [1.807, 2.05) is 14.1 Å². The summed E-state index contributed by atoms with van der Waals surface area (Å²) in [5, 5.41) is 9.34. The van der Waals surface area contributed by atoms with E-state index in [1.54, 1.807) is 25.7 Å². The summed E-state index contributed by atoms with van der Waals surface area (Å²) < 4.78 is 0. The number of carbonyl (C=O) groups is 2. The molecule has 0 radical (unpaired) electrons. The predicted molar refractivity (Wildman–Crippen MR) is 82.2 cm³/mol. The van der Waals surface area contributed by atoms with E-state index < -0.39 is 17.3 Å². The first-order valence-electron chi connectivity index (χ1n) is 7.51. The van der Waals surface area contributed by atoms with E-state index in [9.17, 15) is 14.7 Å². The summed E-state index contributed by atoms with van der Waals surface area (Å²) >= 11 is 0. The largest absolute Gasteiger partial charge is 0.481 e. The van der Waals surface area contributed by atoms with Gasteiger partial charge in [0.1, 0.15) is 5.92 Å². The van der Waals surface area contributed by atoms with Crippen LogP contribution in [0.25, 0.3) is 0 Å². The van der Waals surface area contributed by atoms with Gasteiger partial charge in [-0.1, -0.05) is 20.8 Å². The lowest BCUT2D eigenvalue weighted by Gasteiger charge is -2.38. The maximum Gasteiger partial charge on any atom is 0.316 e. The minimum Gasteiger partial charge on any atom is -0.481 e. The lowest BCUT2D eigenvalue weighted by Crippen LogP contribution is -2.54. The van der Waals surface area contributed by atoms with E-state index >= 15 is 0 Å². The van der Waals surface area contributed by atoms with Gasteiger partial charge >= 0.3 is 5.97 Å². The van der Waals surface area contributed by atoms with Crippen molar-refractivity contribution >= 4 is 11.9 Å². The molecule has 1 saturated heterocycles. The van der Waals surface area contributed by atoms with E-state index in [-0.39, 0.29) is 5.91 Å². The number of aliphatic carboxylic acids is 1. The molecule has 1 atom stereocenters. The Balaban J connectivity index is 2.56. The topological polar surface area (TPSA) is 64.1 Å². The van der Waals surface area contributed by atoms with E-state index in [1.165, 1.54) is 0 Å². The number of hydrogen-bond acceptors (Lipinski definition) is 4. The molecule has 1 aliphatic heterocycles. The highest BCUT2D eigenvalue weighted by molar-refractivity contribution is 5.97. The molecule has 0 aromatic carbocycles. The summed E-state index contributed by atoms with van der Waals surface area (Å²) in [6, 6.07) is 0. The van der Waals surface area contributed by atoms with Gasteiger partial charge < -0.3 is 14.9 Å². The van der Waals surface area contributed by atoms with Crippen LogP contribution >= 0.6 is 0 Å². The van der Waals surface area contributed by atoms with Crippen molar-refractivity contribution in [3.63, 3.8) is 0 Å². The summed E-state index contributed by atoms with van der Waals surface area (Å²) in [5.41, 5.74) is -0.565. The van der Waals surface area contributed by atoms with Crippen molar-refractivity contribution in [2.75, 3.05) is 53.4 Å². The van der Waals surface area contributed by atoms with Crippen LogP contribution in [0.4, 0.5) is 0 Å². The van der Waals surface area contributed by atoms with Gasteiger partial charge in [-0.05, 0) is 19.5 Å². The Labute approximate surface area is 127 Å². The van der Waals surface area contributed by atoms with Gasteiger partial charge in [-0.15, -0.1) is 0 Å². The van der Waals surface area contributed by atoms with Crippen LogP contribution < -0.4 is 0 Å². The second-order valence-electron chi connectivity index (χ2n) is 7.11. The fourth-order valence-corrected chi connectivity index (χ4v) is 2.56. The second kappa shape index (κ2) is 7.22. The van der Waals surface area contributed by atoms with E-state index in [0.29, 0.717) is 13.1 Å². The summed E-state index contributed by atoms with van der Waals surface area (Å²) in [6.07, 6.45) is 0. The molecule has 1 amide bonds. The summed E-state index contributed by atoms with van der Waals surface area (Å²) in [4.78, 5) is 30.0. The van der Waals surface area contributed by atoms with Crippen molar-refractivity contribution in [1.82, 2.24) is 14.7 Å². The third-order valence-electron chi connectivity index (χ3n) is 3.91. The molecule has 1 heterocycles. The summed E-state index contributed by atoms with van der Waals surface area (Å²) in [5.74, 6) is -2.24. The molecule has 1 aliphatic rings. The SMILES string of the molecule is CN(C)CCN1CCN(C(=O)C(C(=O)O)C(C)(C)C)CC1. The predicted octanol–water partition coefficient (Wildman–Crippen LogP) is 0.439. The van der Waals surface area contributed by atoms with E-state index in [4.69, 9.17) is 0 Å². The Hall–Kier alpha value is -1.14. The number of hydrogen-bond donors (Lipinski definition) is 1. The number of nitrogens with zero attached hydrogens (tertiary/aromatic N) is 3. The molecule has 0 spiro atoms. The van der Waals surface area contributed by atoms with Gasteiger partial charge in [0.15, 0.2) is 0 Å². The fourth-order valence-electron chi connectivity index (χ4n) is 2.56. The van der Waals surface area contributed by atoms with Crippen molar-refractivity contribution in [3.05, 3.63) is 0 Å². The number of piperazine rings is 1. The van der Waals surface area contributed by atoms with Gasteiger partial charge in [-0.3, -0.25) is 14.5 Å². The minimum absolute atomic E-state index is 0.248. The van der Waals surface area contributed by atoms with Gasteiger partial charge in [0.25, 0.3) is 0 Å². The highest BCUT2D eigenvalue weighted by Gasteiger charge is 2.40. The highest BCUT2D eigenvalue weighted by atomic mass is 16.4. The Morgan fingerprint density at radius 1 is 1.14 bits per heavy atom. The molecule has 0 aromatic heterocycles. The van der Waals surface area contributed by atoms with E-state index in [0.717, 1.165) is 26.2 Å². The van der Waals surface area contributed by atoms with Crippen molar-refractivity contribution < 1.29 is 14.7 Å². The van der Waals surface area contributed by atoms with Crippen molar-refractivity contribution in [2.24, 2.45) is 11.3 Å². The average Bonchev–Trinajstić information content (AvgIpc) is 2.34. The quantitative estimate of drug-likeness (QED) is 0.746. The third kappa shape index (κ3) is 5.28. The molecule has 0 aromatic rings. The van der Waals surface area contributed by atoms with Gasteiger partial charge in [0.2, 0.25) is 5.91 Å². The fraction of sp³-hybridized carbons (Fsp3) is 0.867. The molecule has 122 valence electrons. The normalized spacial score (nSPS) is 18.9. The van der Waals surface area contributed by atoms with Gasteiger partial charge in [-0.25, -0.2) is 0 Å². The zero-order valence-electron chi connectivity index (χ0n) is 13.9. The summed E-state index contributed by atoms with van der Waals surface area (Å²) in [6.45, 7) is 10.2. The van der Waals surface area contributed by atoms with Crippen LogP contribution in [0.3, 0.4) is 0 Å². The third-order valence-corrected chi connectivity index (χ3v) is 3.91.